The minimum atomic E-state index is -1.03. The number of para-hydroxylation sites is 1. The highest BCUT2D eigenvalue weighted by atomic mass is 19.1. The van der Waals surface area contributed by atoms with E-state index < -0.39 is 35.6 Å². The Bertz CT molecular complexity index is 950. The highest BCUT2D eigenvalue weighted by Gasteiger charge is 2.38. The lowest BCUT2D eigenvalue weighted by Gasteiger charge is -2.23. The number of ether oxygens (including phenoxy) is 1. The summed E-state index contributed by atoms with van der Waals surface area (Å²) < 4.78 is 31.4. The number of ketones is 1. The number of hydrogen-bond acceptors (Lipinski definition) is 4. The van der Waals surface area contributed by atoms with E-state index in [0.717, 1.165) is 29.1 Å². The smallest absolute Gasteiger partial charge is 0.341 e. The van der Waals surface area contributed by atoms with E-state index in [1.807, 2.05) is 50.1 Å². The number of nitrogens with zero attached hydrogens (tertiary/aromatic N) is 1. The third kappa shape index (κ3) is 3.47. The van der Waals surface area contributed by atoms with Crippen LogP contribution in [-0.2, 0) is 14.9 Å². The van der Waals surface area contributed by atoms with Crippen molar-refractivity contribution < 1.29 is 23.1 Å². The molecule has 0 saturated carbocycles. The van der Waals surface area contributed by atoms with Gasteiger partial charge in [-0.2, -0.15) is 0 Å². The maximum atomic E-state index is 13.6. The average Bonchev–Trinajstić information content (AvgIpc) is 2.81. The van der Waals surface area contributed by atoms with E-state index in [-0.39, 0.29) is 5.41 Å². The zero-order valence-corrected chi connectivity index (χ0v) is 15.3. The van der Waals surface area contributed by atoms with Crippen LogP contribution in [0.3, 0.4) is 0 Å². The number of halogens is 2. The first-order valence-electron chi connectivity index (χ1n) is 8.42. The summed E-state index contributed by atoms with van der Waals surface area (Å²) in [5, 5.41) is 0. The van der Waals surface area contributed by atoms with Gasteiger partial charge in [-0.1, -0.05) is 32.0 Å². The molecule has 0 aliphatic carbocycles. The van der Waals surface area contributed by atoms with Gasteiger partial charge in [-0.25, -0.2) is 13.6 Å². The first-order valence-corrected chi connectivity index (χ1v) is 8.42. The van der Waals surface area contributed by atoms with Gasteiger partial charge in [0, 0.05) is 36.0 Å². The van der Waals surface area contributed by atoms with Gasteiger partial charge in [0.05, 0.1) is 5.56 Å². The van der Waals surface area contributed by atoms with Crippen LogP contribution < -0.4 is 4.90 Å². The fourth-order valence-corrected chi connectivity index (χ4v) is 3.32. The molecule has 0 fully saturated rings. The third-order valence-electron chi connectivity index (χ3n) is 4.73. The van der Waals surface area contributed by atoms with Crippen LogP contribution in [0.15, 0.2) is 54.2 Å². The summed E-state index contributed by atoms with van der Waals surface area (Å²) >= 11 is 0. The van der Waals surface area contributed by atoms with Gasteiger partial charge in [-0.05, 0) is 23.8 Å². The van der Waals surface area contributed by atoms with Gasteiger partial charge < -0.3 is 9.64 Å². The number of esters is 1. The number of anilines is 1. The van der Waals surface area contributed by atoms with E-state index in [1.54, 1.807) is 0 Å². The van der Waals surface area contributed by atoms with Crippen molar-refractivity contribution in [3.8, 4) is 0 Å². The molecule has 0 unspecified atom stereocenters. The second kappa shape index (κ2) is 6.95. The Labute approximate surface area is 156 Å². The highest BCUT2D eigenvalue weighted by Crippen LogP contribution is 2.46. The molecule has 0 aromatic heterocycles. The number of rotatable bonds is 4. The Morgan fingerprint density at radius 3 is 2.52 bits per heavy atom. The Hall–Kier alpha value is -3.02. The van der Waals surface area contributed by atoms with Crippen molar-refractivity contribution in [2.24, 2.45) is 0 Å². The molecular formula is C21H19F2NO3. The van der Waals surface area contributed by atoms with E-state index in [0.29, 0.717) is 6.07 Å². The summed E-state index contributed by atoms with van der Waals surface area (Å²) in [6.07, 6.45) is 1.44. The molecule has 0 radical (unpaired) electrons. The second-order valence-corrected chi connectivity index (χ2v) is 6.90. The highest BCUT2D eigenvalue weighted by molar-refractivity contribution is 5.96. The summed E-state index contributed by atoms with van der Waals surface area (Å²) in [4.78, 5) is 26.2. The molecule has 140 valence electrons. The van der Waals surface area contributed by atoms with Gasteiger partial charge in [-0.3, -0.25) is 4.79 Å². The molecule has 1 aliphatic heterocycles. The van der Waals surface area contributed by atoms with Crippen molar-refractivity contribution in [3.63, 3.8) is 0 Å². The van der Waals surface area contributed by atoms with Gasteiger partial charge in [0.2, 0.25) is 0 Å². The van der Waals surface area contributed by atoms with Crippen LogP contribution >= 0.6 is 0 Å². The summed E-state index contributed by atoms with van der Waals surface area (Å²) in [5.74, 6) is -3.26. The third-order valence-corrected chi connectivity index (χ3v) is 4.73. The van der Waals surface area contributed by atoms with Crippen molar-refractivity contribution in [2.75, 3.05) is 18.6 Å². The van der Waals surface area contributed by atoms with Crippen LogP contribution in [0.5, 0.6) is 0 Å². The van der Waals surface area contributed by atoms with Crippen LogP contribution in [0, 0.1) is 11.6 Å². The maximum Gasteiger partial charge on any atom is 0.341 e. The topological polar surface area (TPSA) is 46.6 Å². The largest absolute Gasteiger partial charge is 0.454 e. The van der Waals surface area contributed by atoms with Crippen molar-refractivity contribution >= 4 is 17.4 Å². The van der Waals surface area contributed by atoms with Crippen LogP contribution in [0.25, 0.3) is 0 Å². The van der Waals surface area contributed by atoms with Crippen molar-refractivity contribution in [1.29, 1.82) is 0 Å². The normalized spacial score (nSPS) is 16.3. The molecule has 0 bridgehead atoms. The molecule has 2 aromatic rings. The number of fused-ring (bicyclic) bond motifs is 1. The number of carbonyl (C=O) groups is 2. The van der Waals surface area contributed by atoms with E-state index in [4.69, 9.17) is 4.74 Å². The molecule has 0 spiro atoms. The average molecular weight is 371 g/mol. The SMILES string of the molecule is CN1/C(=C/C(=O)COC(=O)c2ccc(F)cc2F)C(C)(C)c2ccccc21. The predicted octanol–water partition coefficient (Wildman–Crippen LogP) is 4.00. The molecule has 1 heterocycles. The lowest BCUT2D eigenvalue weighted by molar-refractivity contribution is -0.117. The Morgan fingerprint density at radius 1 is 1.15 bits per heavy atom. The van der Waals surface area contributed by atoms with Crippen LogP contribution in [0.2, 0.25) is 0 Å². The predicted molar refractivity (Wildman–Crippen MR) is 97.6 cm³/mol. The second-order valence-electron chi connectivity index (χ2n) is 6.90. The Kier molecular flexibility index (Phi) is 4.83. The number of benzene rings is 2. The van der Waals surface area contributed by atoms with Crippen LogP contribution in [-0.4, -0.2) is 25.4 Å². The lowest BCUT2D eigenvalue weighted by Crippen LogP contribution is -2.25. The first-order chi connectivity index (χ1) is 12.7. The summed E-state index contributed by atoms with van der Waals surface area (Å²) in [7, 11) is 1.87. The van der Waals surface area contributed by atoms with Gasteiger partial charge in [0.15, 0.2) is 12.4 Å². The monoisotopic (exact) mass is 371 g/mol. The van der Waals surface area contributed by atoms with Crippen LogP contribution in [0.4, 0.5) is 14.5 Å². The molecule has 0 atom stereocenters. The van der Waals surface area contributed by atoms with Crippen molar-refractivity contribution in [2.45, 2.75) is 19.3 Å². The molecular weight excluding hydrogens is 352 g/mol. The zero-order valence-electron chi connectivity index (χ0n) is 15.3. The maximum absolute atomic E-state index is 13.6. The van der Waals surface area contributed by atoms with Crippen molar-refractivity contribution in [1.82, 2.24) is 0 Å². The summed E-state index contributed by atoms with van der Waals surface area (Å²) in [6.45, 7) is 3.49. The summed E-state index contributed by atoms with van der Waals surface area (Å²) in [5.41, 5.74) is 2.08. The van der Waals surface area contributed by atoms with E-state index in [1.165, 1.54) is 6.08 Å². The zero-order chi connectivity index (χ0) is 19.8. The molecule has 27 heavy (non-hydrogen) atoms. The Morgan fingerprint density at radius 2 is 1.85 bits per heavy atom. The number of likely N-dealkylation sites (N-methyl/N-ethyl adjacent to an activating group) is 1. The van der Waals surface area contributed by atoms with E-state index in [2.05, 4.69) is 0 Å². The standard InChI is InChI=1S/C21H19F2NO3/c1-21(2)16-6-4-5-7-18(16)24(3)19(21)11-14(25)12-27-20(26)15-9-8-13(22)10-17(15)23/h4-11H,12H2,1-3H3/b19-11+. The Balaban J connectivity index is 1.73. The molecule has 0 amide bonds. The molecule has 1 aliphatic rings. The molecule has 4 nitrogen and oxygen atoms in total. The van der Waals surface area contributed by atoms with E-state index in [9.17, 15) is 18.4 Å². The van der Waals surface area contributed by atoms with E-state index >= 15 is 0 Å². The minimum Gasteiger partial charge on any atom is -0.454 e. The first kappa shape index (κ1) is 18.8. The van der Waals surface area contributed by atoms with Gasteiger partial charge >= 0.3 is 5.97 Å². The number of carbonyl (C=O) groups excluding carboxylic acids is 2. The number of hydrogen-bond donors (Lipinski definition) is 0. The van der Waals surface area contributed by atoms with Crippen LogP contribution in [0.1, 0.15) is 29.8 Å². The molecule has 6 heteroatoms. The fraction of sp³-hybridized carbons (Fsp3) is 0.238. The number of allylic oxidation sites excluding steroid dienone is 1. The quantitative estimate of drug-likeness (QED) is 0.602. The molecule has 2 aromatic carbocycles. The molecule has 3 rings (SSSR count). The molecule has 0 N–H and O–H groups in total. The molecule has 0 saturated heterocycles. The summed E-state index contributed by atoms with van der Waals surface area (Å²) in [6, 6.07) is 10.4. The fourth-order valence-electron chi connectivity index (χ4n) is 3.32. The van der Waals surface area contributed by atoms with Crippen molar-refractivity contribution in [3.05, 3.63) is 77.0 Å². The van der Waals surface area contributed by atoms with Gasteiger partial charge in [0.1, 0.15) is 11.6 Å². The van der Waals surface area contributed by atoms with Gasteiger partial charge in [-0.15, -0.1) is 0 Å². The van der Waals surface area contributed by atoms with Gasteiger partial charge in [0.25, 0.3) is 0 Å². The minimum absolute atomic E-state index is 0.381. The lowest BCUT2D eigenvalue weighted by atomic mass is 9.83.